The largest absolute Gasteiger partial charge is 0.481 e. The van der Waals surface area contributed by atoms with Gasteiger partial charge in [-0.1, -0.05) is 30.3 Å². The minimum absolute atomic E-state index is 0. The predicted molar refractivity (Wildman–Crippen MR) is 124 cm³/mol. The summed E-state index contributed by atoms with van der Waals surface area (Å²) in [5.74, 6) is -12.9. The van der Waals surface area contributed by atoms with Crippen LogP contribution in [0.1, 0.15) is 6.92 Å². The van der Waals surface area contributed by atoms with Crippen molar-refractivity contribution >= 4 is 21.7 Å². The van der Waals surface area contributed by atoms with Crippen molar-refractivity contribution in [1.82, 2.24) is 9.97 Å². The van der Waals surface area contributed by atoms with Gasteiger partial charge in [0, 0.05) is 51.5 Å². The number of rotatable bonds is 4. The number of nitrogens with one attached hydrogen (secondary N) is 1. The number of nitrogens with zero attached hydrogens (tertiary/aromatic N) is 2. The zero-order valence-electron chi connectivity index (χ0n) is 19.2. The Morgan fingerprint density at radius 1 is 0.763 bits per heavy atom. The molecule has 14 heteroatoms. The minimum atomic E-state index is -5.14. The number of aliphatic carboxylic acids is 1. The first-order valence-electron chi connectivity index (χ1n) is 10.1. The summed E-state index contributed by atoms with van der Waals surface area (Å²) in [4.78, 5) is 14.9. The van der Waals surface area contributed by atoms with E-state index in [1.165, 1.54) is 24.4 Å². The van der Waals surface area contributed by atoms with Crippen molar-refractivity contribution in [3.63, 3.8) is 0 Å². The molecule has 0 spiro atoms. The first-order valence-corrected chi connectivity index (χ1v) is 11.5. The average molecular weight is 646 g/mol. The summed E-state index contributed by atoms with van der Waals surface area (Å²) >= 11 is 0. The third-order valence-corrected chi connectivity index (χ3v) is 5.50. The molecule has 0 aliphatic rings. The quantitative estimate of drug-likeness (QED) is 0.133. The van der Waals surface area contributed by atoms with Crippen molar-refractivity contribution in [3.8, 4) is 11.3 Å². The van der Waals surface area contributed by atoms with E-state index in [0.717, 1.165) is 6.92 Å². The Balaban J connectivity index is 0.000000553. The molecule has 0 radical (unpaired) electrons. The fraction of sp³-hybridized carbons (Fsp3) is 0.0417. The van der Waals surface area contributed by atoms with Crippen LogP contribution in [0.15, 0.2) is 84.1 Å². The molecule has 0 bridgehead atoms. The van der Waals surface area contributed by atoms with E-state index in [0.29, 0.717) is 5.69 Å². The van der Waals surface area contributed by atoms with Gasteiger partial charge in [0.25, 0.3) is 16.0 Å². The normalized spacial score (nSPS) is 10.1. The number of carboxylic acid groups (broad SMARTS) is 1. The summed E-state index contributed by atoms with van der Waals surface area (Å²) in [6.07, 6.45) is 4.94. The summed E-state index contributed by atoms with van der Waals surface area (Å²) < 4.78 is 94.2. The molecule has 0 saturated heterocycles. The molecule has 0 unspecified atom stereocenters. The molecule has 0 saturated carbocycles. The van der Waals surface area contributed by atoms with E-state index < -0.39 is 50.0 Å². The SMILES string of the molecule is CC(=O)O.O=S(=O)(Nc1ccccc1-c1ccccn1)c1c(F)c(F)c(F)c(F)c1F.[Pd].c1ccncc1. The third kappa shape index (κ3) is 8.69. The molecule has 4 rings (SSSR count). The smallest absolute Gasteiger partial charge is 0.300 e. The molecule has 2 heterocycles. The van der Waals surface area contributed by atoms with Crippen molar-refractivity contribution in [1.29, 1.82) is 0 Å². The number of hydrogen-bond donors (Lipinski definition) is 2. The van der Waals surface area contributed by atoms with Crippen LogP contribution in [-0.2, 0) is 35.2 Å². The van der Waals surface area contributed by atoms with E-state index in [-0.39, 0.29) is 31.7 Å². The number of benzene rings is 2. The molecule has 7 nitrogen and oxygen atoms in total. The van der Waals surface area contributed by atoms with E-state index in [1.54, 1.807) is 36.7 Å². The van der Waals surface area contributed by atoms with Gasteiger partial charge in [-0.2, -0.15) is 0 Å². The summed E-state index contributed by atoms with van der Waals surface area (Å²) in [7, 11) is -5.14. The molecular formula is C24H18F5N3O4PdS. The summed E-state index contributed by atoms with van der Waals surface area (Å²) in [5.41, 5.74) is 0.416. The van der Waals surface area contributed by atoms with Crippen molar-refractivity contribution in [3.05, 3.63) is 108 Å². The second-order valence-corrected chi connectivity index (χ2v) is 8.43. The number of aromatic nitrogens is 2. The first-order chi connectivity index (χ1) is 17.5. The third-order valence-electron chi connectivity index (χ3n) is 4.12. The molecule has 0 fully saturated rings. The molecule has 0 aliphatic carbocycles. The summed E-state index contributed by atoms with van der Waals surface area (Å²) in [6.45, 7) is 1.08. The number of hydrogen-bond acceptors (Lipinski definition) is 5. The van der Waals surface area contributed by atoms with Gasteiger partial charge in [-0.25, -0.2) is 30.4 Å². The van der Waals surface area contributed by atoms with Gasteiger partial charge in [0.1, 0.15) is 0 Å². The second kappa shape index (κ2) is 14.9. The molecule has 0 aliphatic heterocycles. The molecule has 2 aromatic carbocycles. The zero-order chi connectivity index (χ0) is 27.6. The zero-order valence-corrected chi connectivity index (χ0v) is 21.6. The molecule has 38 heavy (non-hydrogen) atoms. The van der Waals surface area contributed by atoms with Gasteiger partial charge in [-0.05, 0) is 30.3 Å². The van der Waals surface area contributed by atoms with Crippen LogP contribution in [-0.4, -0.2) is 29.5 Å². The van der Waals surface area contributed by atoms with Gasteiger partial charge in [-0.15, -0.1) is 0 Å². The molecule has 4 aromatic rings. The van der Waals surface area contributed by atoms with Gasteiger partial charge in [0.2, 0.25) is 5.82 Å². The number of anilines is 1. The van der Waals surface area contributed by atoms with Crippen molar-refractivity contribution < 1.29 is 60.7 Å². The second-order valence-electron chi connectivity index (χ2n) is 6.81. The van der Waals surface area contributed by atoms with Crippen LogP contribution in [0.5, 0.6) is 0 Å². The maximum atomic E-state index is 13.9. The Labute approximate surface area is 228 Å². The Kier molecular flexibility index (Phi) is 12.6. The number of sulfonamides is 1. The standard InChI is InChI=1S/C17H9F5N2O2S.C5H5N.C2H4O2.Pd/c18-12-13(19)15(21)17(16(22)14(12)20)27(25,26)24-11-7-2-1-5-9(11)10-6-3-4-8-23-10;1-2-4-6-5-3-1;1-2(3)4;/h1-8,24H;1-5H;1H3,(H,3,4);. The van der Waals surface area contributed by atoms with E-state index >= 15 is 0 Å². The van der Waals surface area contributed by atoms with Gasteiger partial charge in [0.05, 0.1) is 11.4 Å². The van der Waals surface area contributed by atoms with Crippen LogP contribution < -0.4 is 4.72 Å². The molecule has 0 atom stereocenters. The van der Waals surface area contributed by atoms with Crippen LogP contribution >= 0.6 is 0 Å². The predicted octanol–water partition coefficient (Wildman–Crippen LogP) is 5.41. The van der Waals surface area contributed by atoms with Crippen LogP contribution in [0.4, 0.5) is 27.6 Å². The van der Waals surface area contributed by atoms with Crippen molar-refractivity contribution in [2.24, 2.45) is 0 Å². The maximum Gasteiger partial charge on any atom is 0.300 e. The van der Waals surface area contributed by atoms with Crippen LogP contribution in [0.2, 0.25) is 0 Å². The minimum Gasteiger partial charge on any atom is -0.481 e. The van der Waals surface area contributed by atoms with Gasteiger partial charge in [-0.3, -0.25) is 19.5 Å². The topological polar surface area (TPSA) is 109 Å². The van der Waals surface area contributed by atoms with Crippen molar-refractivity contribution in [2.75, 3.05) is 4.72 Å². The Bertz CT molecular complexity index is 1410. The van der Waals surface area contributed by atoms with Crippen LogP contribution in [0.3, 0.4) is 0 Å². The van der Waals surface area contributed by atoms with Gasteiger partial charge < -0.3 is 5.11 Å². The molecule has 0 amide bonds. The van der Waals surface area contributed by atoms with Crippen LogP contribution in [0.25, 0.3) is 11.3 Å². The van der Waals surface area contributed by atoms with Crippen molar-refractivity contribution in [2.45, 2.75) is 11.8 Å². The van der Waals surface area contributed by atoms with Gasteiger partial charge in [0.15, 0.2) is 28.2 Å². The Morgan fingerprint density at radius 3 is 1.68 bits per heavy atom. The summed E-state index contributed by atoms with van der Waals surface area (Å²) in [5, 5.41) is 7.42. The Morgan fingerprint density at radius 2 is 1.24 bits per heavy atom. The number of pyridine rings is 2. The van der Waals surface area contributed by atoms with E-state index in [9.17, 15) is 30.4 Å². The average Bonchev–Trinajstić information content (AvgIpc) is 2.88. The molecule has 204 valence electrons. The Hall–Kier alpha value is -3.73. The van der Waals surface area contributed by atoms with Gasteiger partial charge >= 0.3 is 0 Å². The maximum absolute atomic E-state index is 13.9. The van der Waals surface area contributed by atoms with E-state index in [2.05, 4.69) is 9.97 Å². The number of para-hydroxylation sites is 1. The van der Waals surface area contributed by atoms with E-state index in [1.807, 2.05) is 22.9 Å². The molecule has 2 aromatic heterocycles. The fourth-order valence-electron chi connectivity index (χ4n) is 2.65. The van der Waals surface area contributed by atoms with E-state index in [4.69, 9.17) is 9.90 Å². The monoisotopic (exact) mass is 645 g/mol. The van der Waals surface area contributed by atoms with Crippen LogP contribution in [0, 0.1) is 29.1 Å². The number of carbonyl (C=O) groups is 1. The summed E-state index contributed by atoms with van der Waals surface area (Å²) in [6, 6.07) is 16.2. The molecular weight excluding hydrogens is 628 g/mol. The first kappa shape index (κ1) is 32.3. The molecule has 2 N–H and O–H groups in total. The fourth-order valence-corrected chi connectivity index (χ4v) is 3.87. The number of halogens is 5. The number of carboxylic acids is 1.